The van der Waals surface area contributed by atoms with Crippen molar-refractivity contribution in [3.05, 3.63) is 34.4 Å². The smallest absolute Gasteiger partial charge is 0.258 e. The monoisotopic (exact) mass is 253 g/mol. The molecule has 1 aromatic carbocycles. The molecule has 0 aliphatic heterocycles. The second-order valence-electron chi connectivity index (χ2n) is 4.01. The van der Waals surface area contributed by atoms with Crippen molar-refractivity contribution in [2.75, 3.05) is 5.75 Å². The maximum Gasteiger partial charge on any atom is 0.269 e. The summed E-state index contributed by atoms with van der Waals surface area (Å²) in [5.41, 5.74) is 0.164. The lowest BCUT2D eigenvalue weighted by molar-refractivity contribution is -0.384. The first-order valence-electron chi connectivity index (χ1n) is 6.11. The van der Waals surface area contributed by atoms with Gasteiger partial charge in [0, 0.05) is 17.0 Å². The molecule has 0 fully saturated rings. The van der Waals surface area contributed by atoms with Gasteiger partial charge < -0.3 is 0 Å². The summed E-state index contributed by atoms with van der Waals surface area (Å²) in [5, 5.41) is 10.5. The Kier molecular flexibility index (Phi) is 6.70. The van der Waals surface area contributed by atoms with Gasteiger partial charge in [0.15, 0.2) is 0 Å². The van der Waals surface area contributed by atoms with Crippen LogP contribution in [0.2, 0.25) is 0 Å². The van der Waals surface area contributed by atoms with Crippen molar-refractivity contribution in [2.24, 2.45) is 0 Å². The van der Waals surface area contributed by atoms with Gasteiger partial charge in [-0.3, -0.25) is 10.1 Å². The van der Waals surface area contributed by atoms with E-state index in [-0.39, 0.29) is 10.6 Å². The van der Waals surface area contributed by atoms with E-state index in [1.165, 1.54) is 32.1 Å². The SMILES string of the molecule is CCCCCCCSc1ccc([N+](=O)[O-])cc1. The summed E-state index contributed by atoms with van der Waals surface area (Å²) in [6.45, 7) is 2.21. The number of hydrogen-bond donors (Lipinski definition) is 0. The Balaban J connectivity index is 2.21. The van der Waals surface area contributed by atoms with Gasteiger partial charge in [-0.2, -0.15) is 0 Å². The molecule has 4 heteroatoms. The third-order valence-corrected chi connectivity index (χ3v) is 3.66. The maximum atomic E-state index is 10.5. The molecule has 3 nitrogen and oxygen atoms in total. The summed E-state index contributed by atoms with van der Waals surface area (Å²) in [4.78, 5) is 11.2. The first-order valence-corrected chi connectivity index (χ1v) is 7.10. The standard InChI is InChI=1S/C13H19NO2S/c1-2-3-4-5-6-11-17-13-9-7-12(8-10-13)14(15)16/h7-10H,2-6,11H2,1H3. The number of nitro benzene ring substituents is 1. The molecule has 0 aromatic heterocycles. The van der Waals surface area contributed by atoms with E-state index in [1.54, 1.807) is 23.9 Å². The number of rotatable bonds is 8. The minimum atomic E-state index is -0.362. The van der Waals surface area contributed by atoms with Crippen molar-refractivity contribution in [1.82, 2.24) is 0 Å². The van der Waals surface area contributed by atoms with Gasteiger partial charge in [0.1, 0.15) is 0 Å². The van der Waals surface area contributed by atoms with Gasteiger partial charge in [0.25, 0.3) is 5.69 Å². The Morgan fingerprint density at radius 3 is 2.35 bits per heavy atom. The summed E-state index contributed by atoms with van der Waals surface area (Å²) in [6, 6.07) is 6.79. The highest BCUT2D eigenvalue weighted by molar-refractivity contribution is 7.99. The molecule has 1 rings (SSSR count). The number of unbranched alkanes of at least 4 members (excludes halogenated alkanes) is 4. The summed E-state index contributed by atoms with van der Waals surface area (Å²) >= 11 is 1.78. The third kappa shape index (κ3) is 5.73. The highest BCUT2D eigenvalue weighted by Crippen LogP contribution is 2.22. The second kappa shape index (κ2) is 8.12. The van der Waals surface area contributed by atoms with Gasteiger partial charge in [-0.1, -0.05) is 32.6 Å². The molecule has 0 heterocycles. The van der Waals surface area contributed by atoms with Crippen LogP contribution in [0.3, 0.4) is 0 Å². The average Bonchev–Trinajstić information content (AvgIpc) is 2.34. The summed E-state index contributed by atoms with van der Waals surface area (Å²) in [7, 11) is 0. The summed E-state index contributed by atoms with van der Waals surface area (Å²) < 4.78 is 0. The largest absolute Gasteiger partial charge is 0.269 e. The van der Waals surface area contributed by atoms with Crippen LogP contribution < -0.4 is 0 Å². The van der Waals surface area contributed by atoms with Crippen molar-refractivity contribution in [2.45, 2.75) is 43.9 Å². The first-order chi connectivity index (χ1) is 8.24. The van der Waals surface area contributed by atoms with E-state index in [4.69, 9.17) is 0 Å². The minimum absolute atomic E-state index is 0.164. The van der Waals surface area contributed by atoms with Crippen molar-refractivity contribution in [1.29, 1.82) is 0 Å². The number of nitro groups is 1. The zero-order valence-corrected chi connectivity index (χ0v) is 11.0. The number of non-ortho nitro benzene ring substituents is 1. The van der Waals surface area contributed by atoms with Crippen LogP contribution in [0.15, 0.2) is 29.2 Å². The lowest BCUT2D eigenvalue weighted by Crippen LogP contribution is -1.87. The topological polar surface area (TPSA) is 43.1 Å². The Morgan fingerprint density at radius 1 is 1.12 bits per heavy atom. The van der Waals surface area contributed by atoms with Crippen LogP contribution >= 0.6 is 11.8 Å². The third-order valence-electron chi connectivity index (χ3n) is 2.56. The number of nitrogens with zero attached hydrogens (tertiary/aromatic N) is 1. The molecule has 0 unspecified atom stereocenters. The molecular formula is C13H19NO2S. The summed E-state index contributed by atoms with van der Waals surface area (Å²) in [5.74, 6) is 1.10. The van der Waals surface area contributed by atoms with Crippen molar-refractivity contribution in [3.63, 3.8) is 0 Å². The molecule has 0 aliphatic carbocycles. The molecule has 0 saturated carbocycles. The molecule has 0 aliphatic rings. The van der Waals surface area contributed by atoms with Crippen LogP contribution in [0.5, 0.6) is 0 Å². The Morgan fingerprint density at radius 2 is 1.76 bits per heavy atom. The van der Waals surface area contributed by atoms with E-state index < -0.39 is 0 Å². The van der Waals surface area contributed by atoms with Crippen molar-refractivity contribution >= 4 is 17.4 Å². The maximum absolute atomic E-state index is 10.5. The average molecular weight is 253 g/mol. The molecule has 0 amide bonds. The molecular weight excluding hydrogens is 234 g/mol. The second-order valence-corrected chi connectivity index (χ2v) is 5.18. The fraction of sp³-hybridized carbons (Fsp3) is 0.538. The van der Waals surface area contributed by atoms with Crippen molar-refractivity contribution in [3.8, 4) is 0 Å². The molecule has 17 heavy (non-hydrogen) atoms. The molecule has 0 atom stereocenters. The molecule has 0 radical (unpaired) electrons. The molecule has 1 aromatic rings. The van der Waals surface area contributed by atoms with E-state index in [0.29, 0.717) is 0 Å². The predicted octanol–water partition coefficient (Wildman–Crippen LogP) is 4.66. The van der Waals surface area contributed by atoms with E-state index in [2.05, 4.69) is 6.92 Å². The van der Waals surface area contributed by atoms with E-state index in [1.807, 2.05) is 12.1 Å². The van der Waals surface area contributed by atoms with Gasteiger partial charge in [-0.25, -0.2) is 0 Å². The minimum Gasteiger partial charge on any atom is -0.258 e. The first kappa shape index (κ1) is 14.0. The van der Waals surface area contributed by atoms with E-state index >= 15 is 0 Å². The van der Waals surface area contributed by atoms with E-state index in [0.717, 1.165) is 10.6 Å². The molecule has 0 spiro atoms. The van der Waals surface area contributed by atoms with Crippen LogP contribution in [0, 0.1) is 10.1 Å². The fourth-order valence-corrected chi connectivity index (χ4v) is 2.47. The van der Waals surface area contributed by atoms with Crippen LogP contribution in [0.25, 0.3) is 0 Å². The highest BCUT2D eigenvalue weighted by Gasteiger charge is 2.03. The van der Waals surface area contributed by atoms with Gasteiger partial charge in [0.2, 0.25) is 0 Å². The Labute approximate surface area is 107 Å². The normalized spacial score (nSPS) is 10.4. The Hall–Kier alpha value is -1.03. The van der Waals surface area contributed by atoms with Gasteiger partial charge >= 0.3 is 0 Å². The Bertz CT molecular complexity index is 338. The number of benzene rings is 1. The molecule has 0 N–H and O–H groups in total. The van der Waals surface area contributed by atoms with Gasteiger partial charge in [0.05, 0.1) is 4.92 Å². The number of thioether (sulfide) groups is 1. The molecule has 0 saturated heterocycles. The van der Waals surface area contributed by atoms with Gasteiger partial charge in [-0.15, -0.1) is 11.8 Å². The van der Waals surface area contributed by atoms with Gasteiger partial charge in [-0.05, 0) is 24.3 Å². The number of hydrogen-bond acceptors (Lipinski definition) is 3. The zero-order valence-electron chi connectivity index (χ0n) is 10.2. The zero-order chi connectivity index (χ0) is 12.5. The van der Waals surface area contributed by atoms with Crippen LogP contribution in [-0.4, -0.2) is 10.7 Å². The lowest BCUT2D eigenvalue weighted by Gasteiger charge is -2.01. The van der Waals surface area contributed by atoms with Crippen molar-refractivity contribution < 1.29 is 4.92 Å². The lowest BCUT2D eigenvalue weighted by atomic mass is 10.2. The fourth-order valence-electron chi connectivity index (χ4n) is 1.56. The van der Waals surface area contributed by atoms with E-state index in [9.17, 15) is 10.1 Å². The van der Waals surface area contributed by atoms with Crippen LogP contribution in [-0.2, 0) is 0 Å². The van der Waals surface area contributed by atoms with Crippen LogP contribution in [0.4, 0.5) is 5.69 Å². The highest BCUT2D eigenvalue weighted by atomic mass is 32.2. The molecule has 94 valence electrons. The molecule has 0 bridgehead atoms. The quantitative estimate of drug-likeness (QED) is 0.293. The predicted molar refractivity (Wildman–Crippen MR) is 72.6 cm³/mol. The summed E-state index contributed by atoms with van der Waals surface area (Å²) in [6.07, 6.45) is 6.42. The van der Waals surface area contributed by atoms with Crippen LogP contribution in [0.1, 0.15) is 39.0 Å².